The number of ether oxygens (including phenoxy) is 2. The van der Waals surface area contributed by atoms with Gasteiger partial charge in [-0.2, -0.15) is 4.98 Å². The second-order valence-corrected chi connectivity index (χ2v) is 8.82. The fourth-order valence-electron chi connectivity index (χ4n) is 3.46. The van der Waals surface area contributed by atoms with Crippen molar-refractivity contribution < 1.29 is 23.7 Å². The summed E-state index contributed by atoms with van der Waals surface area (Å²) < 4.78 is 23.7. The Bertz CT molecular complexity index is 1400. The number of nitro groups is 1. The number of benzene rings is 2. The van der Waals surface area contributed by atoms with Gasteiger partial charge in [-0.3, -0.25) is 20.1 Å². The number of nitrogens with one attached hydrogen (secondary N) is 1. The first-order valence-corrected chi connectivity index (χ1v) is 11.4. The lowest BCUT2D eigenvalue weighted by atomic mass is 10.1. The van der Waals surface area contributed by atoms with E-state index in [0.29, 0.717) is 22.5 Å². The maximum atomic E-state index is 13.0. The highest BCUT2D eigenvalue weighted by molar-refractivity contribution is 7.90. The number of aromatic amines is 1. The third kappa shape index (κ3) is 4.70. The van der Waals surface area contributed by atoms with Crippen LogP contribution < -0.4 is 9.47 Å². The van der Waals surface area contributed by atoms with Crippen molar-refractivity contribution in [3.8, 4) is 11.5 Å². The first kappa shape index (κ1) is 23.2. The molecule has 0 aliphatic rings. The minimum absolute atomic E-state index is 0.0505. The zero-order valence-corrected chi connectivity index (χ0v) is 19.3. The number of methoxy groups -OCH3 is 1. The Balaban J connectivity index is 1.53. The van der Waals surface area contributed by atoms with Crippen LogP contribution in [-0.2, 0) is 16.9 Å². The van der Waals surface area contributed by atoms with Gasteiger partial charge in [0.15, 0.2) is 5.75 Å². The number of aromatic nitrogens is 3. The topological polar surface area (TPSA) is 143 Å². The number of aryl methyl sites for hydroxylation is 1. The molecule has 0 spiro atoms. The third-order valence-corrected chi connectivity index (χ3v) is 6.33. The molecule has 1 atom stereocenters. The van der Waals surface area contributed by atoms with Crippen molar-refractivity contribution in [2.75, 3.05) is 7.11 Å². The second kappa shape index (κ2) is 9.49. The molecule has 11 heteroatoms. The van der Waals surface area contributed by atoms with Gasteiger partial charge >= 0.3 is 11.1 Å². The first-order chi connectivity index (χ1) is 16.3. The van der Waals surface area contributed by atoms with Gasteiger partial charge in [0.05, 0.1) is 34.3 Å². The molecule has 1 unspecified atom stereocenters. The zero-order chi connectivity index (χ0) is 24.4. The maximum absolute atomic E-state index is 13.0. The molecule has 2 heterocycles. The summed E-state index contributed by atoms with van der Waals surface area (Å²) in [7, 11) is 1.58. The number of imidazole rings is 1. The lowest BCUT2D eigenvalue weighted by Crippen LogP contribution is -2.10. The van der Waals surface area contributed by atoms with Gasteiger partial charge < -0.3 is 14.0 Å². The summed E-state index contributed by atoms with van der Waals surface area (Å²) >= 11 is -1.50. The van der Waals surface area contributed by atoms with E-state index in [2.05, 4.69) is 15.0 Å². The number of rotatable bonds is 7. The maximum Gasteiger partial charge on any atom is 0.343 e. The number of pyridine rings is 1. The van der Waals surface area contributed by atoms with E-state index in [1.54, 1.807) is 25.4 Å². The van der Waals surface area contributed by atoms with Gasteiger partial charge in [0.2, 0.25) is 0 Å². The molecule has 0 aliphatic heterocycles. The van der Waals surface area contributed by atoms with E-state index in [0.717, 1.165) is 17.2 Å². The fraction of sp³-hybridized carbons (Fsp3) is 0.174. The van der Waals surface area contributed by atoms with Crippen LogP contribution in [0.25, 0.3) is 11.0 Å². The molecule has 0 radical (unpaired) electrons. The van der Waals surface area contributed by atoms with Crippen LogP contribution in [0.2, 0.25) is 0 Å². The van der Waals surface area contributed by atoms with Crippen LogP contribution in [0.5, 0.6) is 11.5 Å². The highest BCUT2D eigenvalue weighted by atomic mass is 32.2. The van der Waals surface area contributed by atoms with Gasteiger partial charge in [-0.25, -0.2) is 4.79 Å². The molecule has 0 saturated carbocycles. The number of hydrogen-bond donors (Lipinski definition) is 1. The number of carbonyl (C=O) groups is 1. The largest absolute Gasteiger partial charge is 0.609 e. The van der Waals surface area contributed by atoms with Crippen molar-refractivity contribution in [2.24, 2.45) is 0 Å². The molecule has 0 aliphatic carbocycles. The van der Waals surface area contributed by atoms with E-state index in [-0.39, 0.29) is 27.9 Å². The molecule has 4 aromatic rings. The van der Waals surface area contributed by atoms with E-state index in [1.165, 1.54) is 24.3 Å². The number of esters is 1. The lowest BCUT2D eigenvalue weighted by Gasteiger charge is -2.13. The van der Waals surface area contributed by atoms with Crippen molar-refractivity contribution in [3.05, 3.63) is 81.2 Å². The Morgan fingerprint density at radius 3 is 2.74 bits per heavy atom. The number of H-pyrrole nitrogens is 1. The molecule has 0 bridgehead atoms. The summed E-state index contributed by atoms with van der Waals surface area (Å²) in [4.78, 5) is 34.5. The summed E-state index contributed by atoms with van der Waals surface area (Å²) in [5.74, 6) is 0.324. The van der Waals surface area contributed by atoms with Gasteiger partial charge in [0, 0.05) is 46.7 Å². The average Bonchev–Trinajstić information content (AvgIpc) is 3.25. The summed E-state index contributed by atoms with van der Waals surface area (Å²) in [6.07, 6.45) is 1.68. The van der Waals surface area contributed by atoms with Crippen molar-refractivity contribution in [1.29, 1.82) is 0 Å². The Labute approximate surface area is 197 Å². The number of nitro benzene ring substituents is 1. The Hall–Kier alpha value is -3.96. The molecule has 2 aromatic heterocycles. The summed E-state index contributed by atoms with van der Waals surface area (Å²) in [5.41, 5.74) is 3.28. The van der Waals surface area contributed by atoms with E-state index < -0.39 is 22.1 Å². The van der Waals surface area contributed by atoms with Crippen molar-refractivity contribution in [3.63, 3.8) is 0 Å². The van der Waals surface area contributed by atoms with Gasteiger partial charge in [-0.1, -0.05) is 6.07 Å². The molecule has 0 amide bonds. The molecule has 0 fully saturated rings. The highest BCUT2D eigenvalue weighted by Crippen LogP contribution is 2.27. The van der Waals surface area contributed by atoms with Crippen molar-refractivity contribution >= 4 is 33.9 Å². The summed E-state index contributed by atoms with van der Waals surface area (Å²) in [6.45, 7) is 3.76. The number of carbonyl (C=O) groups excluding carboxylic acids is 1. The molecule has 1 N–H and O–H groups in total. The SMILES string of the molecule is COc1c(C)cnc(C[S+]([O-])c2nc3cc(OC(=O)c4cccc([N+](=O)[O-])c4)ccc3[nH]2)c1C. The predicted octanol–water partition coefficient (Wildman–Crippen LogP) is 4.02. The van der Waals surface area contributed by atoms with E-state index >= 15 is 0 Å². The standard InChI is InChI=1S/C23H20N4O6S/c1-13-11-24-20(14(2)21(13)32-3)12-34(31)23-25-18-8-7-17(10-19(18)26-23)33-22(28)15-5-4-6-16(9-15)27(29)30/h4-11H,12H2,1-3H3,(H,25,26). The summed E-state index contributed by atoms with van der Waals surface area (Å²) in [6, 6.07) is 10.0. The average molecular weight is 481 g/mol. The molecule has 0 saturated heterocycles. The molecule has 2 aromatic carbocycles. The van der Waals surface area contributed by atoms with E-state index in [4.69, 9.17) is 9.47 Å². The Kier molecular flexibility index (Phi) is 6.48. The van der Waals surface area contributed by atoms with Crippen molar-refractivity contribution in [1.82, 2.24) is 15.0 Å². The van der Waals surface area contributed by atoms with Gasteiger partial charge in [0.1, 0.15) is 11.5 Å². The third-order valence-electron chi connectivity index (χ3n) is 5.17. The summed E-state index contributed by atoms with van der Waals surface area (Å²) in [5, 5.41) is 11.2. The zero-order valence-electron chi connectivity index (χ0n) is 18.5. The normalized spacial score (nSPS) is 11.9. The van der Waals surface area contributed by atoms with E-state index in [9.17, 15) is 19.5 Å². The van der Waals surface area contributed by atoms with Crippen LogP contribution in [0.3, 0.4) is 0 Å². The Morgan fingerprint density at radius 1 is 1.21 bits per heavy atom. The van der Waals surface area contributed by atoms with Gasteiger partial charge in [-0.05, 0) is 32.0 Å². The molecule has 4 rings (SSSR count). The minimum atomic E-state index is -1.50. The van der Waals surface area contributed by atoms with Crippen LogP contribution in [0.4, 0.5) is 5.69 Å². The van der Waals surface area contributed by atoms with Crippen LogP contribution in [0, 0.1) is 24.0 Å². The van der Waals surface area contributed by atoms with Gasteiger partial charge in [-0.15, -0.1) is 0 Å². The molecular weight excluding hydrogens is 460 g/mol. The van der Waals surface area contributed by atoms with Crippen LogP contribution in [-0.4, -0.2) is 37.5 Å². The molecule has 174 valence electrons. The molecular formula is C23H20N4O6S. The monoisotopic (exact) mass is 480 g/mol. The number of non-ortho nitro benzene ring substituents is 1. The van der Waals surface area contributed by atoms with Gasteiger partial charge in [0.25, 0.3) is 5.69 Å². The van der Waals surface area contributed by atoms with Crippen molar-refractivity contribution in [2.45, 2.75) is 24.8 Å². The predicted molar refractivity (Wildman–Crippen MR) is 125 cm³/mol. The quantitative estimate of drug-likeness (QED) is 0.137. The molecule has 34 heavy (non-hydrogen) atoms. The van der Waals surface area contributed by atoms with Crippen LogP contribution >= 0.6 is 0 Å². The molecule has 10 nitrogen and oxygen atoms in total. The number of nitrogens with zero attached hydrogens (tertiary/aromatic N) is 3. The highest BCUT2D eigenvalue weighted by Gasteiger charge is 2.22. The van der Waals surface area contributed by atoms with Crippen LogP contribution in [0.1, 0.15) is 27.2 Å². The fourth-order valence-corrected chi connectivity index (χ4v) is 4.56. The smallest absolute Gasteiger partial charge is 0.343 e. The number of fused-ring (bicyclic) bond motifs is 1. The minimum Gasteiger partial charge on any atom is -0.609 e. The lowest BCUT2D eigenvalue weighted by molar-refractivity contribution is -0.384. The van der Waals surface area contributed by atoms with Crippen LogP contribution in [0.15, 0.2) is 53.8 Å². The second-order valence-electron chi connectivity index (χ2n) is 7.45. The van der Waals surface area contributed by atoms with E-state index in [1.807, 2.05) is 13.8 Å². The number of hydrogen-bond acceptors (Lipinski definition) is 8. The first-order valence-electron chi connectivity index (χ1n) is 10.1. The Morgan fingerprint density at radius 2 is 2.00 bits per heavy atom.